The first kappa shape index (κ1) is 25.1. The summed E-state index contributed by atoms with van der Waals surface area (Å²) >= 11 is 6.03. The lowest BCUT2D eigenvalue weighted by molar-refractivity contribution is -0.117. The molecule has 3 aromatic carbocycles. The molecule has 184 valence electrons. The van der Waals surface area contributed by atoms with E-state index in [0.29, 0.717) is 16.7 Å². The minimum Gasteiger partial charge on any atom is -0.327 e. The second kappa shape index (κ2) is 10.7. The van der Waals surface area contributed by atoms with Crippen molar-refractivity contribution in [2.24, 2.45) is 0 Å². The van der Waals surface area contributed by atoms with Gasteiger partial charge in [0.05, 0.1) is 11.3 Å². The smallest absolute Gasteiger partial charge is 0.257 e. The van der Waals surface area contributed by atoms with Gasteiger partial charge in [-0.1, -0.05) is 53.6 Å². The molecule has 1 aromatic heterocycles. The van der Waals surface area contributed by atoms with Gasteiger partial charge in [-0.3, -0.25) is 19.5 Å². The number of carbonyl (C=O) groups is 2. The Morgan fingerprint density at radius 1 is 1.03 bits per heavy atom. The highest BCUT2D eigenvalue weighted by Gasteiger charge is 2.25. The average Bonchev–Trinajstić information content (AvgIpc) is 3.26. The lowest BCUT2D eigenvalue weighted by Crippen LogP contribution is -2.42. The molecule has 1 N–H and O–H groups in total. The van der Waals surface area contributed by atoms with E-state index in [-0.39, 0.29) is 18.2 Å². The van der Waals surface area contributed by atoms with Gasteiger partial charge in [0.15, 0.2) is 0 Å². The molecule has 36 heavy (non-hydrogen) atoms. The number of amides is 2. The van der Waals surface area contributed by atoms with Crippen LogP contribution in [0.2, 0.25) is 5.02 Å². The standard InChI is InChI=1S/C28H26ClFN4O2/c1-18(2)33(27(36)23-6-4-5-7-24(23)30)17-26(35)32-28-31-25(20-10-12-21(29)13-11-20)16-34(28)22-14-8-19(3)9-15-22/h4-16,18H,17H2,1-3H3,(H,31,32,35). The third kappa shape index (κ3) is 5.63. The Morgan fingerprint density at radius 2 is 1.69 bits per heavy atom. The molecule has 1 heterocycles. The Bertz CT molecular complexity index is 1380. The van der Waals surface area contributed by atoms with Crippen LogP contribution in [0.1, 0.15) is 29.8 Å². The number of nitrogens with zero attached hydrogens (tertiary/aromatic N) is 3. The summed E-state index contributed by atoms with van der Waals surface area (Å²) in [5.74, 6) is -1.33. The zero-order valence-corrected chi connectivity index (χ0v) is 21.0. The van der Waals surface area contributed by atoms with E-state index >= 15 is 0 Å². The van der Waals surface area contributed by atoms with Gasteiger partial charge in [0.25, 0.3) is 5.91 Å². The predicted molar refractivity (Wildman–Crippen MR) is 140 cm³/mol. The van der Waals surface area contributed by atoms with Crippen molar-refractivity contribution in [1.29, 1.82) is 0 Å². The third-order valence-corrected chi connectivity index (χ3v) is 5.96. The van der Waals surface area contributed by atoms with Crippen molar-refractivity contribution in [3.05, 3.63) is 101 Å². The summed E-state index contributed by atoms with van der Waals surface area (Å²) < 4.78 is 16.0. The summed E-state index contributed by atoms with van der Waals surface area (Å²) in [6, 6.07) is 20.5. The van der Waals surface area contributed by atoms with Gasteiger partial charge in [-0.15, -0.1) is 0 Å². The van der Waals surface area contributed by atoms with Gasteiger partial charge in [0, 0.05) is 28.5 Å². The fraction of sp³-hybridized carbons (Fsp3) is 0.179. The highest BCUT2D eigenvalue weighted by atomic mass is 35.5. The van der Waals surface area contributed by atoms with Gasteiger partial charge in [0.1, 0.15) is 12.4 Å². The number of hydrogen-bond acceptors (Lipinski definition) is 3. The molecule has 0 aliphatic carbocycles. The number of benzene rings is 3. The van der Waals surface area contributed by atoms with E-state index in [1.54, 1.807) is 36.6 Å². The SMILES string of the molecule is Cc1ccc(-n2cc(-c3ccc(Cl)cc3)nc2NC(=O)CN(C(=O)c2ccccc2F)C(C)C)cc1. The molecule has 0 atom stereocenters. The lowest BCUT2D eigenvalue weighted by Gasteiger charge is -2.26. The first-order valence-electron chi connectivity index (χ1n) is 11.5. The van der Waals surface area contributed by atoms with Crippen LogP contribution in [0, 0.1) is 12.7 Å². The molecule has 0 aliphatic rings. The van der Waals surface area contributed by atoms with Crippen LogP contribution in [0.5, 0.6) is 0 Å². The molecular weight excluding hydrogens is 479 g/mol. The van der Waals surface area contributed by atoms with Crippen LogP contribution in [0.25, 0.3) is 16.9 Å². The second-order valence-corrected chi connectivity index (χ2v) is 9.15. The van der Waals surface area contributed by atoms with Crippen molar-refractivity contribution in [2.75, 3.05) is 11.9 Å². The van der Waals surface area contributed by atoms with Crippen LogP contribution in [-0.4, -0.2) is 38.9 Å². The number of nitrogens with one attached hydrogen (secondary N) is 1. The van der Waals surface area contributed by atoms with Crippen molar-refractivity contribution in [3.8, 4) is 16.9 Å². The highest BCUT2D eigenvalue weighted by Crippen LogP contribution is 2.26. The molecular formula is C28H26ClFN4O2. The largest absolute Gasteiger partial charge is 0.327 e. The van der Waals surface area contributed by atoms with E-state index in [1.165, 1.54) is 23.1 Å². The van der Waals surface area contributed by atoms with Crippen LogP contribution in [0.3, 0.4) is 0 Å². The molecule has 0 spiro atoms. The Kier molecular flexibility index (Phi) is 7.50. The van der Waals surface area contributed by atoms with Gasteiger partial charge >= 0.3 is 0 Å². The molecule has 0 saturated carbocycles. The molecule has 0 bridgehead atoms. The van der Waals surface area contributed by atoms with Crippen LogP contribution in [-0.2, 0) is 4.79 Å². The van der Waals surface area contributed by atoms with Gasteiger partial charge in [-0.05, 0) is 57.2 Å². The fourth-order valence-electron chi connectivity index (χ4n) is 3.73. The average molecular weight is 505 g/mol. The molecule has 0 unspecified atom stereocenters. The summed E-state index contributed by atoms with van der Waals surface area (Å²) in [6.45, 7) is 5.28. The van der Waals surface area contributed by atoms with Crippen molar-refractivity contribution < 1.29 is 14.0 Å². The predicted octanol–water partition coefficient (Wildman–Crippen LogP) is 6.13. The first-order valence-corrected chi connectivity index (χ1v) is 11.9. The molecule has 6 nitrogen and oxygen atoms in total. The number of imidazole rings is 1. The van der Waals surface area contributed by atoms with Gasteiger partial charge < -0.3 is 4.90 Å². The molecule has 8 heteroatoms. The van der Waals surface area contributed by atoms with E-state index in [9.17, 15) is 14.0 Å². The summed E-state index contributed by atoms with van der Waals surface area (Å²) in [5, 5.41) is 3.44. The Labute approximate surface area is 214 Å². The summed E-state index contributed by atoms with van der Waals surface area (Å²) in [5.41, 5.74) is 3.31. The van der Waals surface area contributed by atoms with Crippen molar-refractivity contribution in [1.82, 2.24) is 14.5 Å². The van der Waals surface area contributed by atoms with Crippen LogP contribution in [0.4, 0.5) is 10.3 Å². The number of rotatable bonds is 7. The van der Waals surface area contributed by atoms with Crippen molar-refractivity contribution >= 4 is 29.4 Å². The van der Waals surface area contributed by atoms with E-state index in [1.807, 2.05) is 49.5 Å². The monoisotopic (exact) mass is 504 g/mol. The van der Waals surface area contributed by atoms with Crippen molar-refractivity contribution in [3.63, 3.8) is 0 Å². The fourth-order valence-corrected chi connectivity index (χ4v) is 3.85. The molecule has 2 amide bonds. The van der Waals surface area contributed by atoms with Gasteiger partial charge in [-0.2, -0.15) is 0 Å². The normalized spacial score (nSPS) is 10.9. The number of halogens is 2. The molecule has 4 aromatic rings. The lowest BCUT2D eigenvalue weighted by atomic mass is 10.1. The van der Waals surface area contributed by atoms with Crippen LogP contribution in [0.15, 0.2) is 79.0 Å². The third-order valence-electron chi connectivity index (χ3n) is 5.71. The second-order valence-electron chi connectivity index (χ2n) is 8.72. The number of carbonyl (C=O) groups excluding carboxylic acids is 2. The molecule has 0 fully saturated rings. The molecule has 0 aliphatic heterocycles. The Balaban J connectivity index is 1.63. The van der Waals surface area contributed by atoms with Crippen LogP contribution < -0.4 is 5.32 Å². The molecule has 0 radical (unpaired) electrons. The van der Waals surface area contributed by atoms with Gasteiger partial charge in [0.2, 0.25) is 11.9 Å². The minimum absolute atomic E-state index is 0.0785. The maximum absolute atomic E-state index is 14.2. The minimum atomic E-state index is -0.629. The first-order chi connectivity index (χ1) is 17.2. The maximum atomic E-state index is 14.2. The summed E-state index contributed by atoms with van der Waals surface area (Å²) in [6.07, 6.45) is 1.83. The van der Waals surface area contributed by atoms with E-state index in [2.05, 4.69) is 10.3 Å². The zero-order valence-electron chi connectivity index (χ0n) is 20.2. The Hall–Kier alpha value is -3.97. The number of anilines is 1. The number of aryl methyl sites for hydroxylation is 1. The zero-order chi connectivity index (χ0) is 25.8. The van der Waals surface area contributed by atoms with E-state index in [0.717, 1.165) is 16.8 Å². The molecule has 0 saturated heterocycles. The van der Waals surface area contributed by atoms with E-state index < -0.39 is 17.6 Å². The number of aromatic nitrogens is 2. The quantitative estimate of drug-likeness (QED) is 0.329. The summed E-state index contributed by atoms with van der Waals surface area (Å²) in [7, 11) is 0. The highest BCUT2D eigenvalue weighted by molar-refractivity contribution is 6.30. The molecule has 4 rings (SSSR count). The van der Waals surface area contributed by atoms with Crippen molar-refractivity contribution in [2.45, 2.75) is 26.8 Å². The number of hydrogen-bond donors (Lipinski definition) is 1. The van der Waals surface area contributed by atoms with Gasteiger partial charge in [-0.25, -0.2) is 9.37 Å². The Morgan fingerprint density at radius 3 is 2.33 bits per heavy atom. The topological polar surface area (TPSA) is 67.2 Å². The maximum Gasteiger partial charge on any atom is 0.257 e. The van der Waals surface area contributed by atoms with E-state index in [4.69, 9.17) is 11.6 Å². The van der Waals surface area contributed by atoms with Crippen LogP contribution >= 0.6 is 11.6 Å². The summed E-state index contributed by atoms with van der Waals surface area (Å²) in [4.78, 5) is 32.1.